The number of carbonyl (C=O) groups excluding carboxylic acids is 1. The normalized spacial score (nSPS) is 16.4. The molecule has 196 valence electrons. The highest BCUT2D eigenvalue weighted by Gasteiger charge is 2.31. The van der Waals surface area contributed by atoms with Crippen molar-refractivity contribution in [3.05, 3.63) is 63.1 Å². The fraction of sp³-hybridized carbons (Fsp3) is 0.538. The minimum atomic E-state index is -0.361. The number of hydrogen-bond donors (Lipinski definition) is 0. The van der Waals surface area contributed by atoms with Gasteiger partial charge in [0.2, 0.25) is 5.28 Å². The first-order valence-electron chi connectivity index (χ1n) is 12.1. The number of pyridine rings is 1. The summed E-state index contributed by atoms with van der Waals surface area (Å²) in [5, 5.41) is 17.5. The van der Waals surface area contributed by atoms with Crippen LogP contribution >= 0.6 is 11.6 Å². The number of carbonyl (C=O) groups is 1. The van der Waals surface area contributed by atoms with Crippen LogP contribution in [-0.4, -0.2) is 40.1 Å². The van der Waals surface area contributed by atoms with Crippen molar-refractivity contribution in [2.75, 3.05) is 13.7 Å². The molecule has 3 rings (SSSR count). The van der Waals surface area contributed by atoms with Gasteiger partial charge in [-0.25, -0.2) is 0 Å². The van der Waals surface area contributed by atoms with E-state index in [-0.39, 0.29) is 30.1 Å². The first-order valence-corrected chi connectivity index (χ1v) is 12.5. The van der Waals surface area contributed by atoms with E-state index in [1.54, 1.807) is 13.2 Å². The Labute approximate surface area is 217 Å². The number of unbranched alkanes of at least 4 members (excludes halogenated alkanes) is 1. The van der Waals surface area contributed by atoms with Crippen molar-refractivity contribution in [3.8, 4) is 5.75 Å². The second-order valence-corrected chi connectivity index (χ2v) is 10.5. The number of rotatable bonds is 10. The van der Waals surface area contributed by atoms with Crippen LogP contribution in [0.15, 0.2) is 35.7 Å². The van der Waals surface area contributed by atoms with Crippen LogP contribution in [0.3, 0.4) is 0 Å². The minimum Gasteiger partial charge on any atom is -0.569 e. The average Bonchev–Trinajstić information content (AvgIpc) is 3.26. The van der Waals surface area contributed by atoms with Crippen molar-refractivity contribution in [2.24, 2.45) is 11.2 Å². The summed E-state index contributed by atoms with van der Waals surface area (Å²) in [4.78, 5) is 22.8. The molecule has 0 bridgehead atoms. The van der Waals surface area contributed by atoms with Gasteiger partial charge in [0, 0.05) is 22.3 Å². The summed E-state index contributed by atoms with van der Waals surface area (Å²) in [5.41, 5.74) is 2.99. The van der Waals surface area contributed by atoms with Crippen molar-refractivity contribution < 1.29 is 24.1 Å². The first kappa shape index (κ1) is 27.7. The van der Waals surface area contributed by atoms with Crippen LogP contribution in [0.1, 0.15) is 75.4 Å². The Hall–Kier alpha value is -2.91. The highest BCUT2D eigenvalue weighted by molar-refractivity contribution is 6.30. The number of halogens is 1. The maximum atomic E-state index is 12.8. The van der Waals surface area contributed by atoms with Gasteiger partial charge in [0.25, 0.3) is 0 Å². The van der Waals surface area contributed by atoms with Crippen LogP contribution in [0.25, 0.3) is 0 Å². The summed E-state index contributed by atoms with van der Waals surface area (Å²) in [7, 11) is 1.65. The van der Waals surface area contributed by atoms with Gasteiger partial charge in [0.05, 0.1) is 35.8 Å². The van der Waals surface area contributed by atoms with E-state index in [9.17, 15) is 10.0 Å². The third kappa shape index (κ3) is 6.85. The Morgan fingerprint density at radius 1 is 1.33 bits per heavy atom. The van der Waals surface area contributed by atoms with Crippen molar-refractivity contribution >= 4 is 17.6 Å². The molecule has 0 unspecified atom stereocenters. The lowest BCUT2D eigenvalue weighted by atomic mass is 10.00. The van der Waals surface area contributed by atoms with Crippen molar-refractivity contribution in [1.82, 2.24) is 9.99 Å². The van der Waals surface area contributed by atoms with Gasteiger partial charge in [0.15, 0.2) is 5.75 Å². The van der Waals surface area contributed by atoms with Gasteiger partial charge >= 0.3 is 5.97 Å². The quantitative estimate of drug-likeness (QED) is 0.127. The SMILES string of the molecule is Cc1ncc2c(c1OC(=O)[C@H](C)CCCCO/N=[N+](/[O-])N(C)C(C)(C)C)CO[C@H]2c1ccc(Cl)cc1. The molecule has 0 amide bonds. The van der Waals surface area contributed by atoms with E-state index < -0.39 is 0 Å². The van der Waals surface area contributed by atoms with Crippen LogP contribution in [0.2, 0.25) is 5.02 Å². The molecule has 1 aliphatic rings. The Kier molecular flexibility index (Phi) is 9.13. The molecule has 0 fully saturated rings. The molecule has 1 aliphatic heterocycles. The molecule has 0 aliphatic carbocycles. The number of benzene rings is 1. The molecule has 1 aromatic heterocycles. The molecule has 1 aromatic carbocycles. The van der Waals surface area contributed by atoms with Crippen LogP contribution in [0.5, 0.6) is 5.75 Å². The van der Waals surface area contributed by atoms with E-state index in [2.05, 4.69) is 10.3 Å². The molecule has 0 saturated carbocycles. The number of aromatic nitrogens is 1. The Morgan fingerprint density at radius 3 is 2.69 bits per heavy atom. The zero-order valence-corrected chi connectivity index (χ0v) is 22.5. The Balaban J connectivity index is 1.52. The van der Waals surface area contributed by atoms with E-state index in [0.29, 0.717) is 40.9 Å². The largest absolute Gasteiger partial charge is 0.569 e. The average molecular weight is 519 g/mol. The summed E-state index contributed by atoms with van der Waals surface area (Å²) in [6.45, 7) is 9.99. The zero-order chi connectivity index (χ0) is 26.5. The van der Waals surface area contributed by atoms with Crippen molar-refractivity contribution in [3.63, 3.8) is 0 Å². The van der Waals surface area contributed by atoms with Gasteiger partial charge in [-0.1, -0.05) is 30.7 Å². The van der Waals surface area contributed by atoms with E-state index in [1.807, 2.05) is 58.9 Å². The summed E-state index contributed by atoms with van der Waals surface area (Å²) in [5.74, 6) is -0.151. The Bertz CT molecular complexity index is 1080. The molecule has 0 saturated heterocycles. The molecular formula is C26H35ClN4O5. The summed E-state index contributed by atoms with van der Waals surface area (Å²) in [6.07, 6.45) is 3.51. The molecule has 0 N–H and O–H groups in total. The molecule has 2 aromatic rings. The van der Waals surface area contributed by atoms with Crippen LogP contribution in [-0.2, 0) is 21.0 Å². The maximum absolute atomic E-state index is 12.8. The smallest absolute Gasteiger partial charge is 0.314 e. The lowest BCUT2D eigenvalue weighted by Gasteiger charge is -2.26. The van der Waals surface area contributed by atoms with Gasteiger partial charge in [-0.15, -0.1) is 5.01 Å². The maximum Gasteiger partial charge on any atom is 0.314 e. The number of hydrogen-bond acceptors (Lipinski definition) is 7. The van der Waals surface area contributed by atoms with Gasteiger partial charge < -0.3 is 19.5 Å². The monoisotopic (exact) mass is 518 g/mol. The molecular weight excluding hydrogens is 484 g/mol. The predicted molar refractivity (Wildman–Crippen MR) is 135 cm³/mol. The second kappa shape index (κ2) is 11.9. The highest BCUT2D eigenvalue weighted by Crippen LogP contribution is 2.41. The highest BCUT2D eigenvalue weighted by atomic mass is 35.5. The van der Waals surface area contributed by atoms with E-state index in [0.717, 1.165) is 23.1 Å². The third-order valence-corrected chi connectivity index (χ3v) is 6.53. The number of hydrazine groups is 1. The predicted octanol–water partition coefficient (Wildman–Crippen LogP) is 5.91. The van der Waals surface area contributed by atoms with Gasteiger partial charge in [-0.05, 0) is 64.7 Å². The third-order valence-electron chi connectivity index (χ3n) is 6.28. The standard InChI is InChI=1S/C26H35ClN4O5/c1-17(9-7-8-14-35-29-31(33)30(6)26(3,4)5)25(32)36-23-18(2)28-15-21-22(23)16-34-24(21)19-10-12-20(27)13-11-19/h10-13,15,17,24H,7-9,14,16H2,1-6H3/b31-29+/t17-,24+/m1/s1. The number of ether oxygens (including phenoxy) is 2. The van der Waals surface area contributed by atoms with Crippen molar-refractivity contribution in [2.45, 2.75) is 72.1 Å². The van der Waals surface area contributed by atoms with Crippen LogP contribution in [0.4, 0.5) is 0 Å². The molecule has 9 nitrogen and oxygen atoms in total. The van der Waals surface area contributed by atoms with E-state index in [1.165, 1.54) is 5.01 Å². The summed E-state index contributed by atoms with van der Waals surface area (Å²) in [6, 6.07) is 7.49. The molecule has 0 spiro atoms. The molecule has 2 atom stereocenters. The topological polar surface area (TPSA) is 99.3 Å². The van der Waals surface area contributed by atoms with Gasteiger partial charge in [0.1, 0.15) is 12.7 Å². The lowest BCUT2D eigenvalue weighted by molar-refractivity contribution is -0.719. The number of fused-ring (bicyclic) bond motifs is 1. The van der Waals surface area contributed by atoms with Gasteiger partial charge in [-0.2, -0.15) is 0 Å². The van der Waals surface area contributed by atoms with Crippen LogP contribution in [0, 0.1) is 18.0 Å². The fourth-order valence-corrected chi connectivity index (χ4v) is 3.80. The number of aryl methyl sites for hydroxylation is 1. The summed E-state index contributed by atoms with van der Waals surface area (Å²) >= 11 is 6.01. The fourth-order valence-electron chi connectivity index (χ4n) is 3.67. The number of nitrogens with zero attached hydrogens (tertiary/aromatic N) is 4. The van der Waals surface area contributed by atoms with Crippen LogP contribution < -0.4 is 4.74 Å². The summed E-state index contributed by atoms with van der Waals surface area (Å²) < 4.78 is 11.8. The van der Waals surface area contributed by atoms with E-state index in [4.69, 9.17) is 25.9 Å². The number of esters is 1. The lowest BCUT2D eigenvalue weighted by Crippen LogP contribution is -2.42. The van der Waals surface area contributed by atoms with E-state index >= 15 is 0 Å². The second-order valence-electron chi connectivity index (χ2n) is 10.0. The minimum absolute atomic E-state index is 0.279. The zero-order valence-electron chi connectivity index (χ0n) is 21.8. The first-order chi connectivity index (χ1) is 17.0. The van der Waals surface area contributed by atoms with Gasteiger partial charge in [-0.3, -0.25) is 9.78 Å². The molecule has 2 heterocycles. The molecule has 36 heavy (non-hydrogen) atoms. The molecule has 10 heteroatoms. The van der Waals surface area contributed by atoms with Crippen molar-refractivity contribution in [1.29, 1.82) is 0 Å². The Morgan fingerprint density at radius 2 is 2.03 bits per heavy atom. The molecule has 0 radical (unpaired) electrons.